The molecule has 18 nitrogen and oxygen atoms in total. The minimum atomic E-state index is -1.99. The molecule has 2 unspecified atom stereocenters. The number of nitrogen functional groups attached to an aromatic ring is 1. The van der Waals surface area contributed by atoms with Crippen molar-refractivity contribution in [3.8, 4) is 16.2 Å². The number of alkyl halides is 1. The number of carbonyl (C=O) groups is 5. The van der Waals surface area contributed by atoms with Gasteiger partial charge in [0, 0.05) is 61.7 Å². The minimum absolute atomic E-state index is 0.00911. The number of β-amino-alcohol motifs (C(OH)–C–C–N with tert-alkyl or cyclic N) is 1. The summed E-state index contributed by atoms with van der Waals surface area (Å²) >= 11 is 9.52. The van der Waals surface area contributed by atoms with E-state index in [1.807, 2.05) is 25.1 Å². The summed E-state index contributed by atoms with van der Waals surface area (Å²) in [7, 11) is 0. The lowest BCUT2D eigenvalue weighted by molar-refractivity contribution is -0.145. The van der Waals surface area contributed by atoms with Crippen LogP contribution < -0.4 is 37.1 Å². The number of hydrogen-bond donors (Lipinski definition) is 6. The molecule has 4 aliphatic rings. The van der Waals surface area contributed by atoms with E-state index in [9.17, 15) is 33.5 Å². The molecule has 2 aromatic carbocycles. The smallest absolute Gasteiger partial charge is 0.258 e. The van der Waals surface area contributed by atoms with Gasteiger partial charge in [-0.25, -0.2) is 19.3 Å². The Bertz CT molecular complexity index is 2750. The van der Waals surface area contributed by atoms with Crippen LogP contribution in [0, 0.1) is 18.3 Å². The first-order valence-corrected chi connectivity index (χ1v) is 27.8. The fourth-order valence-corrected chi connectivity index (χ4v) is 11.6. The third-order valence-electron chi connectivity index (χ3n) is 14.6. The Kier molecular flexibility index (Phi) is 17.3. The van der Waals surface area contributed by atoms with Crippen LogP contribution in [0.5, 0.6) is 5.75 Å². The van der Waals surface area contributed by atoms with Gasteiger partial charge in [-0.2, -0.15) is 0 Å². The van der Waals surface area contributed by atoms with Gasteiger partial charge in [0.25, 0.3) is 5.91 Å². The lowest BCUT2D eigenvalue weighted by Crippen LogP contribution is -2.59. The number of aryl methyl sites for hydroxylation is 1. The topological polar surface area (TPSA) is 251 Å². The van der Waals surface area contributed by atoms with Crippen LogP contribution in [-0.4, -0.2) is 128 Å². The maximum atomic E-state index is 14.7. The standard InChI is InChI=1S/C53H69ClFN11O7S2/c1-31-44(74-30-60-31)33-11-12-34(27-58-47(70)37-25-35(67)29-66(37)49(71)45(51(2,3)4)63-50(72)53(55)15-16-53)38(24-33)73-23-7-8-32-13-19-65(20-14-32)42(69)26-41(68)61-36-9-6-10-39(43(36)54)75-48-46(56)62-40(28-59-48)64-21-17-52(5,57)18-22-64/h6,9-12,24,28,30,32,35,37,45,67H,7-8,13-23,25-27,29,57H2,1-5H3,(H2,56,62)(H,58,70)(H,61,68)(H,63,72)/t35?,37?,45-/m1/s1. The zero-order valence-electron chi connectivity index (χ0n) is 43.3. The molecule has 0 radical (unpaired) electrons. The summed E-state index contributed by atoms with van der Waals surface area (Å²) in [4.78, 5) is 87.4. The molecule has 8 rings (SSSR count). The second kappa shape index (κ2) is 23.3. The number of piperidine rings is 2. The average molecular weight is 1090 g/mol. The highest BCUT2D eigenvalue weighted by molar-refractivity contribution is 7.99. The van der Waals surface area contributed by atoms with E-state index in [4.69, 9.17) is 27.8 Å². The number of likely N-dealkylation sites (tertiary alicyclic amines) is 2. The van der Waals surface area contributed by atoms with E-state index in [1.165, 1.54) is 28.0 Å². The number of carbonyl (C=O) groups excluding carboxylic acids is 5. The van der Waals surface area contributed by atoms with Gasteiger partial charge in [0.05, 0.1) is 45.7 Å². The molecule has 4 fully saturated rings. The van der Waals surface area contributed by atoms with Crippen molar-refractivity contribution in [2.75, 3.05) is 55.3 Å². The molecular weight excluding hydrogens is 1020 g/mol. The molecule has 3 saturated heterocycles. The molecule has 8 N–H and O–H groups in total. The van der Waals surface area contributed by atoms with Crippen LogP contribution in [0.25, 0.3) is 10.4 Å². The lowest BCUT2D eigenvalue weighted by atomic mass is 9.85. The molecule has 5 amide bonds. The van der Waals surface area contributed by atoms with E-state index in [0.717, 1.165) is 67.7 Å². The highest BCUT2D eigenvalue weighted by Crippen LogP contribution is 2.41. The Labute approximate surface area is 450 Å². The quantitative estimate of drug-likeness (QED) is 0.0451. The van der Waals surface area contributed by atoms with Crippen molar-refractivity contribution in [2.45, 2.75) is 145 Å². The van der Waals surface area contributed by atoms with Crippen molar-refractivity contribution in [3.05, 3.63) is 64.4 Å². The lowest BCUT2D eigenvalue weighted by Gasteiger charge is -2.37. The zero-order chi connectivity index (χ0) is 53.8. The third kappa shape index (κ3) is 13.9. The first-order valence-electron chi connectivity index (χ1n) is 25.7. The molecule has 0 spiro atoms. The van der Waals surface area contributed by atoms with Crippen molar-refractivity contribution in [3.63, 3.8) is 0 Å². The number of amides is 5. The van der Waals surface area contributed by atoms with Gasteiger partial charge in [0.1, 0.15) is 35.1 Å². The normalized spacial score (nSPS) is 19.8. The molecule has 75 heavy (non-hydrogen) atoms. The summed E-state index contributed by atoms with van der Waals surface area (Å²) in [5.41, 5.74) is 14.3. The van der Waals surface area contributed by atoms with Gasteiger partial charge in [-0.05, 0) is 100 Å². The number of anilines is 3. The second-order valence-electron chi connectivity index (χ2n) is 21.8. The van der Waals surface area contributed by atoms with Gasteiger partial charge in [0.15, 0.2) is 11.5 Å². The molecule has 1 saturated carbocycles. The number of aliphatic hydroxyl groups excluding tert-OH is 1. The first-order chi connectivity index (χ1) is 35.6. The number of nitrogens with two attached hydrogens (primary N) is 2. The Morgan fingerprint density at radius 1 is 1.05 bits per heavy atom. The van der Waals surface area contributed by atoms with E-state index < -0.39 is 52.9 Å². The molecule has 1 aliphatic carbocycles. The number of aromatic nitrogens is 3. The van der Waals surface area contributed by atoms with Gasteiger partial charge >= 0.3 is 0 Å². The Balaban J connectivity index is 0.803. The second-order valence-corrected chi connectivity index (χ2v) is 24.0. The van der Waals surface area contributed by atoms with Gasteiger partial charge in [-0.15, -0.1) is 11.3 Å². The van der Waals surface area contributed by atoms with E-state index >= 15 is 0 Å². The number of rotatable bonds is 18. The maximum absolute atomic E-state index is 14.7. The predicted octanol–water partition coefficient (Wildman–Crippen LogP) is 6.65. The number of benzene rings is 2. The van der Waals surface area contributed by atoms with Crippen molar-refractivity contribution in [1.82, 2.24) is 35.4 Å². The van der Waals surface area contributed by atoms with E-state index in [2.05, 4.69) is 42.7 Å². The molecule has 0 bridgehead atoms. The van der Waals surface area contributed by atoms with Crippen LogP contribution in [0.1, 0.15) is 103 Å². The van der Waals surface area contributed by atoms with Gasteiger partial charge < -0.3 is 52.0 Å². The molecule has 3 aliphatic heterocycles. The minimum Gasteiger partial charge on any atom is -0.493 e. The summed E-state index contributed by atoms with van der Waals surface area (Å²) < 4.78 is 21.1. The third-order valence-corrected chi connectivity index (χ3v) is 17.2. The average Bonchev–Trinajstić information content (AvgIpc) is 3.77. The first kappa shape index (κ1) is 55.6. The summed E-state index contributed by atoms with van der Waals surface area (Å²) in [6.07, 6.45) is 5.44. The summed E-state index contributed by atoms with van der Waals surface area (Å²) in [6, 6.07) is 8.90. The van der Waals surface area contributed by atoms with Crippen LogP contribution in [0.15, 0.2) is 58.0 Å². The van der Waals surface area contributed by atoms with Crippen molar-refractivity contribution >= 4 is 81.6 Å². The van der Waals surface area contributed by atoms with Crippen molar-refractivity contribution in [2.24, 2.45) is 17.1 Å². The summed E-state index contributed by atoms with van der Waals surface area (Å²) in [6.45, 7) is 12.2. The van der Waals surface area contributed by atoms with Crippen LogP contribution >= 0.6 is 34.7 Å². The van der Waals surface area contributed by atoms with Crippen LogP contribution in [0.4, 0.5) is 21.7 Å². The van der Waals surface area contributed by atoms with E-state index in [-0.39, 0.29) is 56.0 Å². The number of ether oxygens (including phenoxy) is 1. The van der Waals surface area contributed by atoms with Gasteiger partial charge in [0.2, 0.25) is 23.6 Å². The molecule has 4 aromatic rings. The largest absolute Gasteiger partial charge is 0.493 e. The highest BCUT2D eigenvalue weighted by atomic mass is 35.5. The number of nitrogens with one attached hydrogen (secondary N) is 3. The summed E-state index contributed by atoms with van der Waals surface area (Å²) in [5.74, 6) is -0.704. The van der Waals surface area contributed by atoms with E-state index in [0.29, 0.717) is 63.4 Å². The highest BCUT2D eigenvalue weighted by Gasteiger charge is 2.53. The number of hydrogen-bond acceptors (Lipinski definition) is 15. The zero-order valence-corrected chi connectivity index (χ0v) is 45.6. The maximum Gasteiger partial charge on any atom is 0.258 e. The molecular formula is C53H69ClFN11O7S2. The molecule has 3 atom stereocenters. The van der Waals surface area contributed by atoms with Crippen LogP contribution in [0.2, 0.25) is 5.02 Å². The Morgan fingerprint density at radius 3 is 2.45 bits per heavy atom. The molecule has 22 heteroatoms. The number of aliphatic hydroxyl groups is 1. The van der Waals surface area contributed by atoms with Crippen LogP contribution in [-0.2, 0) is 30.5 Å². The van der Waals surface area contributed by atoms with Crippen molar-refractivity contribution < 1.29 is 38.2 Å². The van der Waals surface area contributed by atoms with Gasteiger partial charge in [-0.3, -0.25) is 24.0 Å². The monoisotopic (exact) mass is 1090 g/mol. The van der Waals surface area contributed by atoms with Crippen LogP contribution in [0.3, 0.4) is 0 Å². The number of thiazole rings is 1. The predicted molar refractivity (Wildman–Crippen MR) is 288 cm³/mol. The SMILES string of the molecule is Cc1ncsc1-c1ccc(CNC(=O)C2CC(O)CN2C(=O)[C@@H](NC(=O)C2(F)CC2)C(C)(C)C)c(OCCCC2CCN(C(=O)CC(=O)Nc3cccc(Sc4ncc(N5CCC(C)(N)CC5)nc4N)c3Cl)CC2)c1. The Morgan fingerprint density at radius 2 is 1.79 bits per heavy atom. The van der Waals surface area contributed by atoms with Crippen molar-refractivity contribution in [1.29, 1.82) is 0 Å². The molecule has 2 aromatic heterocycles. The molecule has 5 heterocycles. The Hall–Kier alpha value is -5.61. The number of halogens is 2. The summed E-state index contributed by atoms with van der Waals surface area (Å²) in [5, 5.41) is 19.8. The van der Waals surface area contributed by atoms with E-state index in [1.54, 1.807) is 55.6 Å². The number of nitrogens with zero attached hydrogens (tertiary/aromatic N) is 6. The molecule has 404 valence electrons. The van der Waals surface area contributed by atoms with Gasteiger partial charge in [-0.1, -0.05) is 62.3 Å². The fraction of sp³-hybridized carbons (Fsp3) is 0.547. The fourth-order valence-electron chi connectivity index (χ4n) is 9.69.